The zero-order valence-corrected chi connectivity index (χ0v) is 14.7. The highest BCUT2D eigenvalue weighted by Crippen LogP contribution is 2.40. The average Bonchev–Trinajstić information content (AvgIpc) is 3.11. The number of alkyl halides is 3. The summed E-state index contributed by atoms with van der Waals surface area (Å²) in [5, 5.41) is 13.5. The van der Waals surface area contributed by atoms with Crippen LogP contribution in [-0.2, 0) is 4.79 Å². The first kappa shape index (κ1) is 18.5. The number of carbonyl (C=O) groups is 1. The molecule has 0 atom stereocenters. The van der Waals surface area contributed by atoms with Crippen LogP contribution in [0.1, 0.15) is 0 Å². The lowest BCUT2D eigenvalue weighted by Crippen LogP contribution is -2.29. The summed E-state index contributed by atoms with van der Waals surface area (Å²) >= 11 is 0. The largest absolute Gasteiger partial charge is 0.507 e. The Balaban J connectivity index is 1.91. The van der Waals surface area contributed by atoms with Gasteiger partial charge < -0.3 is 9.52 Å². The third-order valence-electron chi connectivity index (χ3n) is 4.28. The maximum absolute atomic E-state index is 12.8. The first-order valence-corrected chi connectivity index (χ1v) is 8.50. The molecule has 0 bridgehead atoms. The van der Waals surface area contributed by atoms with Gasteiger partial charge in [-0.3, -0.25) is 10.1 Å². The number of fused-ring (bicyclic) bond motifs is 1. The molecule has 4 aromatic rings. The highest BCUT2D eigenvalue weighted by Gasteiger charge is 2.40. The van der Waals surface area contributed by atoms with Crippen molar-refractivity contribution in [2.24, 2.45) is 0 Å². The molecule has 0 saturated heterocycles. The van der Waals surface area contributed by atoms with Crippen LogP contribution in [0.4, 0.5) is 19.1 Å². The van der Waals surface area contributed by atoms with Gasteiger partial charge in [0.1, 0.15) is 11.4 Å². The molecule has 0 radical (unpaired) electrons. The Hall–Kier alpha value is -3.81. The van der Waals surface area contributed by atoms with Crippen LogP contribution in [0.15, 0.2) is 71.1 Å². The lowest BCUT2D eigenvalue weighted by atomic mass is 10.0. The van der Waals surface area contributed by atoms with Crippen molar-refractivity contribution in [2.75, 3.05) is 5.32 Å². The molecule has 2 N–H and O–H groups in total. The number of nitrogens with one attached hydrogen (secondary N) is 1. The number of nitrogens with zero attached hydrogens (tertiary/aromatic N) is 1. The summed E-state index contributed by atoms with van der Waals surface area (Å²) in [4.78, 5) is 15.8. The number of phenolic OH excluding ortho intramolecular Hbond substituents is 1. The Morgan fingerprint density at radius 2 is 1.66 bits per heavy atom. The number of aromatic nitrogens is 1. The first-order valence-electron chi connectivity index (χ1n) is 8.50. The fourth-order valence-electron chi connectivity index (χ4n) is 2.96. The molecule has 0 unspecified atom stereocenters. The summed E-state index contributed by atoms with van der Waals surface area (Å²) in [5.74, 6) is -2.91. The first-order chi connectivity index (χ1) is 13.8. The van der Waals surface area contributed by atoms with E-state index in [4.69, 9.17) is 4.42 Å². The molecule has 1 aromatic heterocycles. The summed E-state index contributed by atoms with van der Waals surface area (Å²) < 4.78 is 43.8. The molecule has 0 saturated carbocycles. The molecule has 8 heteroatoms. The van der Waals surface area contributed by atoms with Crippen LogP contribution in [0.3, 0.4) is 0 Å². The standard InChI is InChI=1S/C21H13F3N2O3/c22-21(23,24)20(28)26-19-17(13-7-2-1-3-8-13)25-18(29-19)16-14-9-5-4-6-12(14)10-11-15(16)27/h1-11,27H,(H,26,28). The van der Waals surface area contributed by atoms with Gasteiger partial charge >= 0.3 is 12.1 Å². The number of hydrogen-bond acceptors (Lipinski definition) is 4. The molecule has 0 aliphatic heterocycles. The van der Waals surface area contributed by atoms with Gasteiger partial charge in [0.05, 0.1) is 5.56 Å². The van der Waals surface area contributed by atoms with Crippen molar-refractivity contribution in [1.82, 2.24) is 4.98 Å². The van der Waals surface area contributed by atoms with Crippen molar-refractivity contribution in [2.45, 2.75) is 6.18 Å². The molecular weight excluding hydrogens is 385 g/mol. The van der Waals surface area contributed by atoms with E-state index >= 15 is 0 Å². The second kappa shape index (κ2) is 6.97. The normalized spacial score (nSPS) is 11.6. The summed E-state index contributed by atoms with van der Waals surface area (Å²) in [7, 11) is 0. The van der Waals surface area contributed by atoms with Gasteiger partial charge in [-0.1, -0.05) is 60.7 Å². The van der Waals surface area contributed by atoms with Crippen molar-refractivity contribution in [3.63, 3.8) is 0 Å². The number of carbonyl (C=O) groups excluding carboxylic acids is 1. The fourth-order valence-corrected chi connectivity index (χ4v) is 2.96. The molecular formula is C21H13F3N2O3. The Morgan fingerprint density at radius 3 is 2.38 bits per heavy atom. The number of anilines is 1. The minimum absolute atomic E-state index is 0.0190. The van der Waals surface area contributed by atoms with Crippen LogP contribution >= 0.6 is 0 Å². The van der Waals surface area contributed by atoms with E-state index in [9.17, 15) is 23.1 Å². The minimum atomic E-state index is -5.09. The van der Waals surface area contributed by atoms with Gasteiger partial charge in [0.25, 0.3) is 0 Å². The van der Waals surface area contributed by atoms with Crippen LogP contribution in [0.5, 0.6) is 5.75 Å². The average molecular weight is 398 g/mol. The number of rotatable bonds is 3. The Kier molecular flexibility index (Phi) is 4.46. The van der Waals surface area contributed by atoms with E-state index in [1.807, 2.05) is 12.1 Å². The molecule has 5 nitrogen and oxygen atoms in total. The number of phenols is 1. The molecule has 0 fully saturated rings. The number of oxazole rings is 1. The smallest absolute Gasteiger partial charge is 0.471 e. The predicted molar refractivity (Wildman–Crippen MR) is 101 cm³/mol. The quantitative estimate of drug-likeness (QED) is 0.487. The number of halogens is 3. The second-order valence-electron chi connectivity index (χ2n) is 6.20. The zero-order chi connectivity index (χ0) is 20.6. The van der Waals surface area contributed by atoms with Crippen LogP contribution in [0.25, 0.3) is 33.5 Å². The molecule has 1 heterocycles. The van der Waals surface area contributed by atoms with E-state index in [2.05, 4.69) is 4.98 Å². The molecule has 0 spiro atoms. The van der Waals surface area contributed by atoms with Crippen molar-refractivity contribution in [3.8, 4) is 28.5 Å². The summed E-state index contributed by atoms with van der Waals surface area (Å²) in [5.41, 5.74) is 0.679. The van der Waals surface area contributed by atoms with Crippen LogP contribution in [-0.4, -0.2) is 22.2 Å². The monoisotopic (exact) mass is 398 g/mol. The van der Waals surface area contributed by atoms with Gasteiger partial charge in [0, 0.05) is 5.56 Å². The van der Waals surface area contributed by atoms with E-state index in [-0.39, 0.29) is 22.9 Å². The lowest BCUT2D eigenvalue weighted by molar-refractivity contribution is -0.167. The highest BCUT2D eigenvalue weighted by atomic mass is 19.4. The van der Waals surface area contributed by atoms with Gasteiger partial charge in [0.15, 0.2) is 0 Å². The third kappa shape index (κ3) is 3.52. The number of amides is 1. The maximum atomic E-state index is 12.8. The Morgan fingerprint density at radius 1 is 0.966 bits per heavy atom. The van der Waals surface area contributed by atoms with E-state index in [1.165, 1.54) is 6.07 Å². The highest BCUT2D eigenvalue weighted by molar-refractivity contribution is 6.00. The van der Waals surface area contributed by atoms with Gasteiger partial charge in [-0.25, -0.2) is 4.98 Å². The summed E-state index contributed by atoms with van der Waals surface area (Å²) in [6.45, 7) is 0. The van der Waals surface area contributed by atoms with Gasteiger partial charge in [0.2, 0.25) is 11.8 Å². The van der Waals surface area contributed by atoms with Gasteiger partial charge in [-0.2, -0.15) is 13.2 Å². The van der Waals surface area contributed by atoms with Crippen molar-refractivity contribution < 1.29 is 27.5 Å². The molecule has 1 amide bonds. The van der Waals surface area contributed by atoms with Gasteiger partial charge in [-0.15, -0.1) is 0 Å². The molecule has 146 valence electrons. The molecule has 4 rings (SSSR count). The molecule has 3 aromatic carbocycles. The third-order valence-corrected chi connectivity index (χ3v) is 4.28. The van der Waals surface area contributed by atoms with Crippen LogP contribution < -0.4 is 5.32 Å². The minimum Gasteiger partial charge on any atom is -0.507 e. The van der Waals surface area contributed by atoms with E-state index in [0.29, 0.717) is 10.9 Å². The lowest BCUT2D eigenvalue weighted by Gasteiger charge is -2.07. The Bertz CT molecular complexity index is 1200. The topological polar surface area (TPSA) is 75.4 Å². The second-order valence-corrected chi connectivity index (χ2v) is 6.20. The SMILES string of the molecule is O=C(Nc1oc(-c2c(O)ccc3ccccc23)nc1-c1ccccc1)C(F)(F)F. The number of aromatic hydroxyl groups is 1. The summed E-state index contributed by atoms with van der Waals surface area (Å²) in [6, 6.07) is 18.6. The maximum Gasteiger partial charge on any atom is 0.471 e. The van der Waals surface area contributed by atoms with Crippen LogP contribution in [0.2, 0.25) is 0 Å². The van der Waals surface area contributed by atoms with E-state index < -0.39 is 18.0 Å². The van der Waals surface area contributed by atoms with Crippen molar-refractivity contribution in [3.05, 3.63) is 66.7 Å². The Labute approximate surface area is 162 Å². The summed E-state index contributed by atoms with van der Waals surface area (Å²) in [6.07, 6.45) is -5.09. The number of hydrogen-bond donors (Lipinski definition) is 2. The van der Waals surface area contributed by atoms with E-state index in [1.54, 1.807) is 53.8 Å². The van der Waals surface area contributed by atoms with Crippen molar-refractivity contribution >= 4 is 22.6 Å². The van der Waals surface area contributed by atoms with Crippen molar-refractivity contribution in [1.29, 1.82) is 0 Å². The molecule has 0 aliphatic rings. The fraction of sp³-hybridized carbons (Fsp3) is 0.0476. The van der Waals surface area contributed by atoms with E-state index in [0.717, 1.165) is 5.39 Å². The molecule has 0 aliphatic carbocycles. The predicted octanol–water partition coefficient (Wildman–Crippen LogP) is 5.37. The zero-order valence-electron chi connectivity index (χ0n) is 14.7. The van der Waals surface area contributed by atoms with Gasteiger partial charge in [-0.05, 0) is 16.8 Å². The number of benzene rings is 3. The van der Waals surface area contributed by atoms with Crippen LogP contribution in [0, 0.1) is 0 Å². The molecule has 29 heavy (non-hydrogen) atoms.